The third-order valence-corrected chi connectivity index (χ3v) is 3.94. The van der Waals surface area contributed by atoms with Crippen molar-refractivity contribution >= 4 is 5.52 Å². The van der Waals surface area contributed by atoms with E-state index in [1.165, 1.54) is 27.9 Å². The highest BCUT2D eigenvalue weighted by atomic mass is 14.9. The molecule has 4 rings (SSSR count). The fourth-order valence-corrected chi connectivity index (χ4v) is 2.91. The summed E-state index contributed by atoms with van der Waals surface area (Å²) in [5.41, 5.74) is 6.13. The summed E-state index contributed by atoms with van der Waals surface area (Å²) in [7, 11) is 0. The van der Waals surface area contributed by atoms with Gasteiger partial charge in [0.05, 0.1) is 5.56 Å². The lowest BCUT2D eigenvalue weighted by atomic mass is 9.98. The predicted octanol–water partition coefficient (Wildman–Crippen LogP) is 4.76. The van der Waals surface area contributed by atoms with Crippen LogP contribution in [0.2, 0.25) is 0 Å². The Morgan fingerprint density at radius 3 is 1.86 bits per heavy atom. The minimum absolute atomic E-state index is 1.20. The van der Waals surface area contributed by atoms with Gasteiger partial charge in [0.2, 0.25) is 11.2 Å². The Kier molecular flexibility index (Phi) is 3.17. The van der Waals surface area contributed by atoms with Crippen LogP contribution in [-0.4, -0.2) is 0 Å². The highest BCUT2D eigenvalue weighted by Gasteiger charge is 2.18. The van der Waals surface area contributed by atoms with Crippen LogP contribution in [0, 0.1) is 0 Å². The molecule has 2 aromatic carbocycles. The Hall–Kier alpha value is -2.93. The second-order valence-corrected chi connectivity index (χ2v) is 5.32. The van der Waals surface area contributed by atoms with Crippen LogP contribution in [0.5, 0.6) is 0 Å². The SMILES string of the molecule is c1ccc(-c2ccc3cccc[n+]3c2-c2ccccc2)cc1. The van der Waals surface area contributed by atoms with E-state index in [1.54, 1.807) is 0 Å². The molecular weight excluding hydrogens is 266 g/mol. The average Bonchev–Trinajstić information content (AvgIpc) is 2.62. The average molecular weight is 282 g/mol. The molecule has 0 N–H and O–H groups in total. The van der Waals surface area contributed by atoms with E-state index >= 15 is 0 Å². The highest BCUT2D eigenvalue weighted by molar-refractivity contribution is 5.79. The summed E-state index contributed by atoms with van der Waals surface area (Å²) < 4.78 is 2.26. The van der Waals surface area contributed by atoms with Gasteiger partial charge in [0.15, 0.2) is 6.20 Å². The van der Waals surface area contributed by atoms with Gasteiger partial charge in [-0.1, -0.05) is 48.5 Å². The number of hydrogen-bond donors (Lipinski definition) is 0. The van der Waals surface area contributed by atoms with Crippen molar-refractivity contribution in [3.8, 4) is 22.4 Å². The van der Waals surface area contributed by atoms with Crippen molar-refractivity contribution in [3.05, 3.63) is 97.2 Å². The zero-order chi connectivity index (χ0) is 14.8. The maximum Gasteiger partial charge on any atom is 0.226 e. The molecule has 2 heterocycles. The molecule has 1 heteroatoms. The van der Waals surface area contributed by atoms with E-state index in [0.29, 0.717) is 0 Å². The predicted molar refractivity (Wildman–Crippen MR) is 90.5 cm³/mol. The monoisotopic (exact) mass is 282 g/mol. The number of rotatable bonds is 2. The molecule has 0 aliphatic carbocycles. The van der Waals surface area contributed by atoms with Crippen molar-refractivity contribution < 1.29 is 4.40 Å². The number of nitrogens with zero attached hydrogens (tertiary/aromatic N) is 1. The van der Waals surface area contributed by atoms with Crippen LogP contribution in [0.15, 0.2) is 97.2 Å². The first-order valence-corrected chi connectivity index (χ1v) is 7.48. The van der Waals surface area contributed by atoms with Gasteiger partial charge in [-0.15, -0.1) is 0 Å². The van der Waals surface area contributed by atoms with Gasteiger partial charge in [-0.2, -0.15) is 4.40 Å². The summed E-state index contributed by atoms with van der Waals surface area (Å²) in [5.74, 6) is 0. The lowest BCUT2D eigenvalue weighted by molar-refractivity contribution is -0.499. The van der Waals surface area contributed by atoms with Gasteiger partial charge >= 0.3 is 0 Å². The van der Waals surface area contributed by atoms with Crippen LogP contribution in [0.3, 0.4) is 0 Å². The van der Waals surface area contributed by atoms with Gasteiger partial charge < -0.3 is 0 Å². The smallest absolute Gasteiger partial charge is 0.159 e. The topological polar surface area (TPSA) is 4.10 Å². The Bertz CT molecular complexity index is 912. The van der Waals surface area contributed by atoms with Crippen molar-refractivity contribution in [3.63, 3.8) is 0 Å². The van der Waals surface area contributed by atoms with Gasteiger partial charge in [-0.3, -0.25) is 0 Å². The molecule has 0 radical (unpaired) electrons. The molecule has 0 atom stereocenters. The van der Waals surface area contributed by atoms with Crippen LogP contribution in [0.25, 0.3) is 27.9 Å². The Morgan fingerprint density at radius 2 is 1.14 bits per heavy atom. The first kappa shape index (κ1) is 12.8. The molecule has 1 nitrogen and oxygen atoms in total. The third-order valence-electron chi connectivity index (χ3n) is 3.94. The molecule has 0 aliphatic heterocycles. The van der Waals surface area contributed by atoms with Crippen molar-refractivity contribution in [1.29, 1.82) is 0 Å². The van der Waals surface area contributed by atoms with E-state index in [1.807, 2.05) is 0 Å². The number of fused-ring (bicyclic) bond motifs is 1. The van der Waals surface area contributed by atoms with E-state index in [4.69, 9.17) is 0 Å². The standard InChI is InChI=1S/C21H16N/c1-3-9-17(10-4-1)20-15-14-19-13-7-8-16-22(19)21(20)18-11-5-2-6-12-18/h1-16H/q+1. The van der Waals surface area contributed by atoms with Crippen molar-refractivity contribution in [2.24, 2.45) is 0 Å². The third kappa shape index (κ3) is 2.17. The van der Waals surface area contributed by atoms with Crippen molar-refractivity contribution in [2.75, 3.05) is 0 Å². The van der Waals surface area contributed by atoms with Gasteiger partial charge in [-0.25, -0.2) is 0 Å². The molecule has 0 fully saturated rings. The molecule has 0 bridgehead atoms. The van der Waals surface area contributed by atoms with Gasteiger partial charge in [0.1, 0.15) is 0 Å². The van der Waals surface area contributed by atoms with Crippen LogP contribution in [0.4, 0.5) is 0 Å². The lowest BCUT2D eigenvalue weighted by Crippen LogP contribution is -2.25. The zero-order valence-electron chi connectivity index (χ0n) is 12.2. The van der Waals surface area contributed by atoms with Gasteiger partial charge in [0, 0.05) is 23.8 Å². The minimum Gasteiger partial charge on any atom is -0.159 e. The van der Waals surface area contributed by atoms with E-state index in [2.05, 4.69) is 102 Å². The molecular formula is C21H16N+. The number of pyridine rings is 2. The van der Waals surface area contributed by atoms with Crippen LogP contribution in [0.1, 0.15) is 0 Å². The summed E-state index contributed by atoms with van der Waals surface area (Å²) in [6, 6.07) is 31.8. The van der Waals surface area contributed by atoms with E-state index in [9.17, 15) is 0 Å². The molecule has 0 saturated carbocycles. The van der Waals surface area contributed by atoms with Crippen LogP contribution < -0.4 is 4.40 Å². The number of aromatic nitrogens is 1. The number of benzene rings is 2. The Balaban J connectivity index is 2.09. The van der Waals surface area contributed by atoms with E-state index in [0.717, 1.165) is 0 Å². The quantitative estimate of drug-likeness (QED) is 0.467. The molecule has 4 aromatic rings. The summed E-state index contributed by atoms with van der Waals surface area (Å²) in [6.07, 6.45) is 2.13. The highest BCUT2D eigenvalue weighted by Crippen LogP contribution is 2.29. The second kappa shape index (κ2) is 5.45. The lowest BCUT2D eigenvalue weighted by Gasteiger charge is -2.07. The molecule has 22 heavy (non-hydrogen) atoms. The van der Waals surface area contributed by atoms with Gasteiger partial charge in [0.25, 0.3) is 0 Å². The first-order chi connectivity index (χ1) is 10.9. The van der Waals surface area contributed by atoms with Crippen LogP contribution >= 0.6 is 0 Å². The minimum atomic E-state index is 1.20. The molecule has 0 saturated heterocycles. The summed E-state index contributed by atoms with van der Waals surface area (Å²) in [6.45, 7) is 0. The summed E-state index contributed by atoms with van der Waals surface area (Å²) in [5, 5.41) is 0. The van der Waals surface area contributed by atoms with E-state index < -0.39 is 0 Å². The molecule has 104 valence electrons. The van der Waals surface area contributed by atoms with Gasteiger partial charge in [-0.05, 0) is 29.8 Å². The number of hydrogen-bond acceptors (Lipinski definition) is 0. The summed E-state index contributed by atoms with van der Waals surface area (Å²) >= 11 is 0. The molecule has 0 unspecified atom stereocenters. The van der Waals surface area contributed by atoms with Crippen LogP contribution in [-0.2, 0) is 0 Å². The maximum atomic E-state index is 2.26. The molecule has 0 amide bonds. The normalized spacial score (nSPS) is 10.7. The van der Waals surface area contributed by atoms with E-state index in [-0.39, 0.29) is 0 Å². The largest absolute Gasteiger partial charge is 0.226 e. The zero-order valence-corrected chi connectivity index (χ0v) is 12.2. The van der Waals surface area contributed by atoms with Crippen molar-refractivity contribution in [1.82, 2.24) is 0 Å². The first-order valence-electron chi connectivity index (χ1n) is 7.48. The second-order valence-electron chi connectivity index (χ2n) is 5.32. The maximum absolute atomic E-state index is 2.26. The van der Waals surface area contributed by atoms with Crippen molar-refractivity contribution in [2.45, 2.75) is 0 Å². The molecule has 0 aliphatic rings. The fraction of sp³-hybridized carbons (Fsp3) is 0. The Labute approximate surface area is 130 Å². The molecule has 0 spiro atoms. The fourth-order valence-electron chi connectivity index (χ4n) is 2.91. The Morgan fingerprint density at radius 1 is 0.500 bits per heavy atom. The molecule has 2 aromatic heterocycles. The summed E-state index contributed by atoms with van der Waals surface area (Å²) in [4.78, 5) is 0.